The van der Waals surface area contributed by atoms with E-state index in [-0.39, 0.29) is 26.3 Å². The summed E-state index contributed by atoms with van der Waals surface area (Å²) in [5.41, 5.74) is 0.139. The number of rotatable bonds is 6. The largest absolute Gasteiger partial charge is 0.452 e. The standard InChI is InChI=1S/C15H12BrN3O7S/c16-12-7-10(19(22)23)3-6-13(12)18-14(20)8-26-15(21)9-1-4-11(5-2-9)27(17,24)25/h1-7H,8H2,(H,18,20)(H2,17,24,25). The molecule has 0 fully saturated rings. The van der Waals surface area contributed by atoms with Gasteiger partial charge < -0.3 is 10.1 Å². The normalized spacial score (nSPS) is 10.9. The Bertz CT molecular complexity index is 1010. The van der Waals surface area contributed by atoms with Crippen LogP contribution >= 0.6 is 15.9 Å². The highest BCUT2D eigenvalue weighted by Crippen LogP contribution is 2.27. The summed E-state index contributed by atoms with van der Waals surface area (Å²) in [5.74, 6) is -1.51. The van der Waals surface area contributed by atoms with E-state index in [1.165, 1.54) is 30.3 Å². The molecule has 142 valence electrons. The molecule has 0 aliphatic carbocycles. The lowest BCUT2D eigenvalue weighted by Gasteiger charge is -2.08. The summed E-state index contributed by atoms with van der Waals surface area (Å²) in [4.78, 5) is 33.7. The molecular weight excluding hydrogens is 446 g/mol. The second-order valence-corrected chi connectivity index (χ2v) is 7.53. The van der Waals surface area contributed by atoms with Crippen molar-refractivity contribution in [3.05, 3.63) is 62.6 Å². The number of nitrogens with two attached hydrogens (primary N) is 1. The third-order valence-corrected chi connectivity index (χ3v) is 4.78. The van der Waals surface area contributed by atoms with Gasteiger partial charge in [-0.25, -0.2) is 18.4 Å². The highest BCUT2D eigenvalue weighted by Gasteiger charge is 2.15. The topological polar surface area (TPSA) is 159 Å². The zero-order valence-corrected chi connectivity index (χ0v) is 15.8. The molecule has 0 saturated carbocycles. The zero-order chi connectivity index (χ0) is 20.2. The monoisotopic (exact) mass is 457 g/mol. The summed E-state index contributed by atoms with van der Waals surface area (Å²) in [5, 5.41) is 18.1. The smallest absolute Gasteiger partial charge is 0.338 e. The van der Waals surface area contributed by atoms with Crippen LogP contribution in [0, 0.1) is 10.1 Å². The molecule has 0 spiro atoms. The van der Waals surface area contributed by atoms with Crippen molar-refractivity contribution in [3.63, 3.8) is 0 Å². The predicted molar refractivity (Wildman–Crippen MR) is 97.5 cm³/mol. The number of ether oxygens (including phenoxy) is 1. The number of nitrogens with zero attached hydrogens (tertiary/aromatic N) is 1. The molecule has 27 heavy (non-hydrogen) atoms. The SMILES string of the molecule is NS(=O)(=O)c1ccc(C(=O)OCC(=O)Nc2ccc([N+](=O)[O-])cc2Br)cc1. The third kappa shape index (κ3) is 5.57. The Labute approximate surface area is 161 Å². The number of benzene rings is 2. The molecule has 0 aliphatic heterocycles. The molecule has 1 amide bonds. The van der Waals surface area contributed by atoms with Crippen molar-refractivity contribution in [2.75, 3.05) is 11.9 Å². The number of hydrogen-bond donors (Lipinski definition) is 2. The van der Waals surface area contributed by atoms with Crippen molar-refractivity contribution >= 4 is 49.2 Å². The Morgan fingerprint density at radius 2 is 1.81 bits per heavy atom. The van der Waals surface area contributed by atoms with E-state index in [9.17, 15) is 28.1 Å². The summed E-state index contributed by atoms with van der Waals surface area (Å²) in [7, 11) is -3.88. The number of hydrogen-bond acceptors (Lipinski definition) is 7. The molecule has 0 unspecified atom stereocenters. The van der Waals surface area contributed by atoms with E-state index in [0.29, 0.717) is 0 Å². The van der Waals surface area contributed by atoms with Crippen molar-refractivity contribution < 1.29 is 27.7 Å². The Kier molecular flexibility index (Phi) is 6.25. The van der Waals surface area contributed by atoms with E-state index in [0.717, 1.165) is 12.1 Å². The Balaban J connectivity index is 1.95. The molecule has 10 nitrogen and oxygen atoms in total. The average molecular weight is 458 g/mol. The van der Waals surface area contributed by atoms with E-state index < -0.39 is 33.4 Å². The number of nitro groups is 1. The lowest BCUT2D eigenvalue weighted by atomic mass is 10.2. The van der Waals surface area contributed by atoms with Gasteiger partial charge in [0.25, 0.3) is 11.6 Å². The molecule has 12 heteroatoms. The maximum Gasteiger partial charge on any atom is 0.338 e. The van der Waals surface area contributed by atoms with E-state index in [2.05, 4.69) is 21.2 Å². The van der Waals surface area contributed by atoms with E-state index >= 15 is 0 Å². The number of anilines is 1. The van der Waals surface area contributed by atoms with Gasteiger partial charge in [0, 0.05) is 16.6 Å². The molecular formula is C15H12BrN3O7S. The van der Waals surface area contributed by atoms with Crippen LogP contribution in [0.4, 0.5) is 11.4 Å². The fraction of sp³-hybridized carbons (Fsp3) is 0.0667. The first kappa shape index (κ1) is 20.5. The number of halogens is 1. The summed E-state index contributed by atoms with van der Waals surface area (Å²) >= 11 is 3.10. The van der Waals surface area contributed by atoms with Gasteiger partial charge in [-0.1, -0.05) is 0 Å². The van der Waals surface area contributed by atoms with Gasteiger partial charge in [-0.15, -0.1) is 0 Å². The van der Waals surface area contributed by atoms with Crippen LogP contribution in [-0.2, 0) is 19.6 Å². The number of primary sulfonamides is 1. The molecule has 0 radical (unpaired) electrons. The van der Waals surface area contributed by atoms with E-state index in [1.54, 1.807) is 0 Å². The minimum absolute atomic E-state index is 0.0340. The van der Waals surface area contributed by atoms with Crippen LogP contribution in [0.2, 0.25) is 0 Å². The summed E-state index contributed by atoms with van der Waals surface area (Å²) < 4.78 is 27.4. The highest BCUT2D eigenvalue weighted by atomic mass is 79.9. The Hall–Kier alpha value is -2.83. The Morgan fingerprint density at radius 3 is 2.33 bits per heavy atom. The van der Waals surface area contributed by atoms with Crippen LogP contribution in [0.25, 0.3) is 0 Å². The maximum absolute atomic E-state index is 11.9. The lowest BCUT2D eigenvalue weighted by Crippen LogP contribution is -2.21. The first-order valence-electron chi connectivity index (χ1n) is 7.11. The molecule has 0 aromatic heterocycles. The molecule has 0 saturated heterocycles. The molecule has 0 aliphatic rings. The van der Waals surface area contributed by atoms with Gasteiger partial charge in [0.05, 0.1) is 21.1 Å². The minimum Gasteiger partial charge on any atom is -0.452 e. The van der Waals surface area contributed by atoms with Gasteiger partial charge >= 0.3 is 5.97 Å². The quantitative estimate of drug-likeness (QED) is 0.379. The number of non-ortho nitro benzene ring substituents is 1. The molecule has 2 rings (SSSR count). The summed E-state index contributed by atoms with van der Waals surface area (Å²) in [6.07, 6.45) is 0. The van der Waals surface area contributed by atoms with Crippen LogP contribution in [-0.4, -0.2) is 31.8 Å². The van der Waals surface area contributed by atoms with Crippen LogP contribution in [0.15, 0.2) is 51.8 Å². The van der Waals surface area contributed by atoms with Gasteiger partial charge in [-0.2, -0.15) is 0 Å². The zero-order valence-electron chi connectivity index (χ0n) is 13.4. The lowest BCUT2D eigenvalue weighted by molar-refractivity contribution is -0.384. The van der Waals surface area contributed by atoms with Crippen molar-refractivity contribution in [1.82, 2.24) is 0 Å². The minimum atomic E-state index is -3.88. The third-order valence-electron chi connectivity index (χ3n) is 3.19. The van der Waals surface area contributed by atoms with Crippen molar-refractivity contribution in [1.29, 1.82) is 0 Å². The Morgan fingerprint density at radius 1 is 1.19 bits per heavy atom. The van der Waals surface area contributed by atoms with E-state index in [4.69, 9.17) is 9.88 Å². The van der Waals surface area contributed by atoms with E-state index in [1.807, 2.05) is 0 Å². The molecule has 0 heterocycles. The molecule has 2 aromatic carbocycles. The number of esters is 1. The van der Waals surface area contributed by atoms with Crippen LogP contribution in [0.1, 0.15) is 10.4 Å². The molecule has 0 bridgehead atoms. The number of nitro benzene ring substituents is 1. The second-order valence-electron chi connectivity index (χ2n) is 5.11. The highest BCUT2D eigenvalue weighted by molar-refractivity contribution is 9.10. The van der Waals surface area contributed by atoms with Crippen molar-refractivity contribution in [3.8, 4) is 0 Å². The van der Waals surface area contributed by atoms with Crippen LogP contribution in [0.5, 0.6) is 0 Å². The molecule has 3 N–H and O–H groups in total. The number of amides is 1. The number of sulfonamides is 1. The van der Waals surface area contributed by atoms with Gasteiger partial charge in [0.1, 0.15) is 0 Å². The summed E-state index contributed by atoms with van der Waals surface area (Å²) in [6, 6.07) is 8.43. The number of nitrogens with one attached hydrogen (secondary N) is 1. The number of carbonyl (C=O) groups excluding carboxylic acids is 2. The molecule has 2 aromatic rings. The van der Waals surface area contributed by atoms with Crippen molar-refractivity contribution in [2.45, 2.75) is 4.90 Å². The first-order valence-corrected chi connectivity index (χ1v) is 9.45. The van der Waals surface area contributed by atoms with Gasteiger partial charge in [0.2, 0.25) is 10.0 Å². The fourth-order valence-corrected chi connectivity index (χ4v) is 2.88. The maximum atomic E-state index is 11.9. The average Bonchev–Trinajstić information content (AvgIpc) is 2.60. The van der Waals surface area contributed by atoms with Gasteiger partial charge in [-0.3, -0.25) is 14.9 Å². The van der Waals surface area contributed by atoms with Gasteiger partial charge in [-0.05, 0) is 46.3 Å². The molecule has 0 atom stereocenters. The van der Waals surface area contributed by atoms with Crippen LogP contribution in [0.3, 0.4) is 0 Å². The number of carbonyl (C=O) groups is 2. The summed E-state index contributed by atoms with van der Waals surface area (Å²) in [6.45, 7) is -0.612. The van der Waals surface area contributed by atoms with Gasteiger partial charge in [0.15, 0.2) is 6.61 Å². The second kappa shape index (κ2) is 8.24. The predicted octanol–water partition coefficient (Wildman–Crippen LogP) is 1.80. The fourth-order valence-electron chi connectivity index (χ4n) is 1.90. The van der Waals surface area contributed by atoms with Crippen molar-refractivity contribution in [2.24, 2.45) is 5.14 Å². The first-order chi connectivity index (χ1) is 12.6. The van der Waals surface area contributed by atoms with Crippen LogP contribution < -0.4 is 10.5 Å².